The van der Waals surface area contributed by atoms with Crippen LogP contribution in [0.1, 0.15) is 23.6 Å². The van der Waals surface area contributed by atoms with Crippen LogP contribution in [0.25, 0.3) is 0 Å². The van der Waals surface area contributed by atoms with Crippen molar-refractivity contribution in [1.82, 2.24) is 10.2 Å². The Labute approximate surface area is 114 Å². The maximum atomic E-state index is 3.46. The lowest BCUT2D eigenvalue weighted by atomic mass is 9.98. The maximum absolute atomic E-state index is 3.46. The van der Waals surface area contributed by atoms with Crippen LogP contribution in [-0.4, -0.2) is 35.5 Å². The molecule has 0 bridgehead atoms. The molecule has 1 aromatic carbocycles. The highest BCUT2D eigenvalue weighted by Gasteiger charge is 2.17. The van der Waals surface area contributed by atoms with Crippen LogP contribution in [0, 0.1) is 0 Å². The minimum atomic E-state index is 0.790. The van der Waals surface area contributed by atoms with Gasteiger partial charge in [-0.05, 0) is 29.7 Å². The second kappa shape index (κ2) is 5.64. The molecule has 0 saturated carbocycles. The van der Waals surface area contributed by atoms with Gasteiger partial charge in [-0.2, -0.15) is 11.8 Å². The van der Waals surface area contributed by atoms with Crippen molar-refractivity contribution < 1.29 is 0 Å². The Kier molecular flexibility index (Phi) is 3.92. The molecule has 0 spiro atoms. The highest BCUT2D eigenvalue weighted by atomic mass is 32.2. The number of thioether (sulfide) groups is 1. The zero-order valence-electron chi connectivity index (χ0n) is 11.1. The van der Waals surface area contributed by atoms with Gasteiger partial charge in [0.05, 0.1) is 0 Å². The summed E-state index contributed by atoms with van der Waals surface area (Å²) < 4.78 is 0. The molecule has 1 N–H and O–H groups in total. The number of nitrogens with zero attached hydrogens (tertiary/aromatic N) is 1. The SMILES string of the molecule is CC1CN(Cc2ccc3c(c2)CNCC3)CCS1. The van der Waals surface area contributed by atoms with Gasteiger partial charge in [-0.25, -0.2) is 0 Å². The van der Waals surface area contributed by atoms with E-state index in [1.54, 1.807) is 5.56 Å². The molecule has 0 radical (unpaired) electrons. The van der Waals surface area contributed by atoms with Crippen molar-refractivity contribution in [2.75, 3.05) is 25.4 Å². The van der Waals surface area contributed by atoms with Crippen LogP contribution in [0.4, 0.5) is 0 Å². The Bertz CT molecular complexity index is 419. The Morgan fingerprint density at radius 2 is 2.33 bits per heavy atom. The third kappa shape index (κ3) is 2.90. The largest absolute Gasteiger partial charge is 0.312 e. The number of nitrogens with one attached hydrogen (secondary N) is 1. The van der Waals surface area contributed by atoms with Gasteiger partial charge in [0.1, 0.15) is 0 Å². The lowest BCUT2D eigenvalue weighted by molar-refractivity contribution is 0.278. The number of benzene rings is 1. The Morgan fingerprint density at radius 3 is 3.22 bits per heavy atom. The molecular weight excluding hydrogens is 240 g/mol. The van der Waals surface area contributed by atoms with E-state index in [9.17, 15) is 0 Å². The van der Waals surface area contributed by atoms with Crippen molar-refractivity contribution >= 4 is 11.8 Å². The lowest BCUT2D eigenvalue weighted by Gasteiger charge is -2.30. The minimum Gasteiger partial charge on any atom is -0.312 e. The second-order valence-corrected chi connectivity index (χ2v) is 6.99. The summed E-state index contributed by atoms with van der Waals surface area (Å²) in [6.07, 6.45) is 1.19. The van der Waals surface area contributed by atoms with E-state index in [0.29, 0.717) is 0 Å². The fourth-order valence-electron chi connectivity index (χ4n) is 2.92. The minimum absolute atomic E-state index is 0.790. The van der Waals surface area contributed by atoms with Crippen LogP contribution in [0.5, 0.6) is 0 Å². The first-order valence-corrected chi connectivity index (χ1v) is 8.01. The van der Waals surface area contributed by atoms with Crippen LogP contribution in [-0.2, 0) is 19.5 Å². The monoisotopic (exact) mass is 262 g/mol. The summed E-state index contributed by atoms with van der Waals surface area (Å²) in [4.78, 5) is 2.60. The van der Waals surface area contributed by atoms with E-state index in [1.165, 1.54) is 36.4 Å². The van der Waals surface area contributed by atoms with Crippen molar-refractivity contribution in [3.8, 4) is 0 Å². The molecule has 2 nitrogen and oxygen atoms in total. The predicted octanol–water partition coefficient (Wildman–Crippen LogP) is 2.27. The molecule has 2 aliphatic rings. The topological polar surface area (TPSA) is 15.3 Å². The molecule has 1 saturated heterocycles. The van der Waals surface area contributed by atoms with Gasteiger partial charge in [-0.1, -0.05) is 25.1 Å². The second-order valence-electron chi connectivity index (χ2n) is 5.45. The Balaban J connectivity index is 1.69. The quantitative estimate of drug-likeness (QED) is 0.880. The average Bonchev–Trinajstić information content (AvgIpc) is 2.39. The molecule has 0 aliphatic carbocycles. The number of fused-ring (bicyclic) bond motifs is 1. The summed E-state index contributed by atoms with van der Waals surface area (Å²) in [5, 5.41) is 4.25. The molecule has 0 amide bonds. The smallest absolute Gasteiger partial charge is 0.0234 e. The number of hydrogen-bond acceptors (Lipinski definition) is 3. The lowest BCUT2D eigenvalue weighted by Crippen LogP contribution is -2.36. The molecule has 1 fully saturated rings. The van der Waals surface area contributed by atoms with Crippen molar-refractivity contribution in [3.63, 3.8) is 0 Å². The van der Waals surface area contributed by atoms with Gasteiger partial charge < -0.3 is 5.32 Å². The normalized spacial score (nSPS) is 24.8. The van der Waals surface area contributed by atoms with Crippen molar-refractivity contribution in [3.05, 3.63) is 34.9 Å². The highest BCUT2D eigenvalue weighted by Crippen LogP contribution is 2.21. The van der Waals surface area contributed by atoms with E-state index in [-0.39, 0.29) is 0 Å². The molecule has 2 aliphatic heterocycles. The summed E-state index contributed by atoms with van der Waals surface area (Å²) in [5.74, 6) is 1.29. The van der Waals surface area contributed by atoms with Crippen molar-refractivity contribution in [1.29, 1.82) is 0 Å². The zero-order valence-corrected chi connectivity index (χ0v) is 11.9. The van der Waals surface area contributed by atoms with E-state index in [0.717, 1.165) is 24.9 Å². The first kappa shape index (κ1) is 12.5. The van der Waals surface area contributed by atoms with Crippen LogP contribution in [0.3, 0.4) is 0 Å². The highest BCUT2D eigenvalue weighted by molar-refractivity contribution is 7.99. The molecule has 1 unspecified atom stereocenters. The van der Waals surface area contributed by atoms with Gasteiger partial charge in [0.2, 0.25) is 0 Å². The molecule has 1 atom stereocenters. The zero-order chi connectivity index (χ0) is 12.4. The van der Waals surface area contributed by atoms with Crippen molar-refractivity contribution in [2.24, 2.45) is 0 Å². The standard InChI is InChI=1S/C15H22N2S/c1-12-10-17(6-7-18-12)11-13-2-3-14-4-5-16-9-15(14)8-13/h2-3,8,12,16H,4-7,9-11H2,1H3. The van der Waals surface area contributed by atoms with Crippen molar-refractivity contribution in [2.45, 2.75) is 31.7 Å². The molecule has 3 heteroatoms. The fourth-order valence-corrected chi connectivity index (χ4v) is 4.01. The fraction of sp³-hybridized carbons (Fsp3) is 0.600. The molecule has 2 heterocycles. The van der Waals surface area contributed by atoms with Crippen LogP contribution < -0.4 is 5.32 Å². The first-order valence-electron chi connectivity index (χ1n) is 6.96. The van der Waals surface area contributed by atoms with Gasteiger partial charge in [-0.3, -0.25) is 4.90 Å². The predicted molar refractivity (Wildman–Crippen MR) is 79.0 cm³/mol. The van der Waals surface area contributed by atoms with E-state index < -0.39 is 0 Å². The van der Waals surface area contributed by atoms with Crippen LogP contribution >= 0.6 is 11.8 Å². The average molecular weight is 262 g/mol. The molecular formula is C15H22N2S. The summed E-state index contributed by atoms with van der Waals surface area (Å²) in [6.45, 7) is 8.12. The summed E-state index contributed by atoms with van der Waals surface area (Å²) in [5.41, 5.74) is 4.54. The Morgan fingerprint density at radius 1 is 1.39 bits per heavy atom. The molecule has 3 rings (SSSR count). The summed E-state index contributed by atoms with van der Waals surface area (Å²) >= 11 is 2.10. The van der Waals surface area contributed by atoms with Gasteiger partial charge in [0, 0.05) is 37.2 Å². The van der Waals surface area contributed by atoms with E-state index in [1.807, 2.05) is 0 Å². The van der Waals surface area contributed by atoms with Gasteiger partial charge in [0.25, 0.3) is 0 Å². The van der Waals surface area contributed by atoms with Gasteiger partial charge in [-0.15, -0.1) is 0 Å². The third-order valence-corrected chi connectivity index (χ3v) is 5.02. The number of hydrogen-bond donors (Lipinski definition) is 1. The first-order chi connectivity index (χ1) is 8.81. The maximum Gasteiger partial charge on any atom is 0.0234 e. The molecule has 18 heavy (non-hydrogen) atoms. The van der Waals surface area contributed by atoms with E-state index in [2.05, 4.69) is 47.1 Å². The molecule has 1 aromatic rings. The molecule has 98 valence electrons. The Hall–Kier alpha value is -0.510. The van der Waals surface area contributed by atoms with E-state index in [4.69, 9.17) is 0 Å². The molecule has 0 aromatic heterocycles. The van der Waals surface area contributed by atoms with Crippen LogP contribution in [0.2, 0.25) is 0 Å². The summed E-state index contributed by atoms with van der Waals surface area (Å²) in [6, 6.07) is 7.08. The van der Waals surface area contributed by atoms with E-state index >= 15 is 0 Å². The van der Waals surface area contributed by atoms with Gasteiger partial charge >= 0.3 is 0 Å². The summed E-state index contributed by atoms with van der Waals surface area (Å²) in [7, 11) is 0. The third-order valence-electron chi connectivity index (χ3n) is 3.89. The van der Waals surface area contributed by atoms with Crippen LogP contribution in [0.15, 0.2) is 18.2 Å². The van der Waals surface area contributed by atoms with Gasteiger partial charge in [0.15, 0.2) is 0 Å². The number of rotatable bonds is 2.